The number of carbonyl (C=O) groups is 1. The minimum atomic E-state index is -3.02. The van der Waals surface area contributed by atoms with Crippen LogP contribution in [0.4, 0.5) is 8.78 Å². The summed E-state index contributed by atoms with van der Waals surface area (Å²) >= 11 is 5.74. The number of nitrogens with zero attached hydrogens (tertiary/aromatic N) is 1. The summed E-state index contributed by atoms with van der Waals surface area (Å²) in [4.78, 5) is 11.9. The summed E-state index contributed by atoms with van der Waals surface area (Å²) in [6, 6.07) is 10.8. The molecular formula is C16H13ClF2N2O3. The Kier molecular flexibility index (Phi) is 6.08. The molecule has 0 atom stereocenters. The van der Waals surface area contributed by atoms with Gasteiger partial charge in [0.25, 0.3) is 5.91 Å². The van der Waals surface area contributed by atoms with Crippen molar-refractivity contribution < 1.29 is 23.0 Å². The number of para-hydroxylation sites is 1. The van der Waals surface area contributed by atoms with Gasteiger partial charge in [-0.15, -0.1) is 0 Å². The fraction of sp³-hybridized carbons (Fsp3) is 0.125. The molecule has 0 bridgehead atoms. The van der Waals surface area contributed by atoms with E-state index in [1.54, 1.807) is 18.2 Å². The Hall–Kier alpha value is -2.67. The monoisotopic (exact) mass is 354 g/mol. The number of alkyl halides is 2. The third kappa shape index (κ3) is 4.66. The lowest BCUT2D eigenvalue weighted by Crippen LogP contribution is -2.17. The van der Waals surface area contributed by atoms with Gasteiger partial charge in [-0.1, -0.05) is 17.7 Å². The number of methoxy groups -OCH3 is 1. The van der Waals surface area contributed by atoms with Gasteiger partial charge in [-0.3, -0.25) is 4.79 Å². The normalized spacial score (nSPS) is 10.9. The molecule has 0 fully saturated rings. The van der Waals surface area contributed by atoms with Crippen molar-refractivity contribution in [2.75, 3.05) is 7.11 Å². The first-order chi connectivity index (χ1) is 11.5. The first-order valence-corrected chi connectivity index (χ1v) is 7.10. The highest BCUT2D eigenvalue weighted by atomic mass is 35.5. The highest BCUT2D eigenvalue weighted by Crippen LogP contribution is 2.31. The van der Waals surface area contributed by atoms with Crippen LogP contribution in [0.3, 0.4) is 0 Å². The smallest absolute Gasteiger partial charge is 0.387 e. The second-order valence-electron chi connectivity index (χ2n) is 4.46. The molecule has 0 spiro atoms. The van der Waals surface area contributed by atoms with Gasteiger partial charge in [0.2, 0.25) is 0 Å². The lowest BCUT2D eigenvalue weighted by Gasteiger charge is -2.11. The number of carbonyl (C=O) groups excluding carboxylic acids is 1. The van der Waals surface area contributed by atoms with Crippen LogP contribution in [-0.2, 0) is 0 Å². The molecule has 0 aliphatic heterocycles. The van der Waals surface area contributed by atoms with E-state index in [4.69, 9.17) is 16.3 Å². The summed E-state index contributed by atoms with van der Waals surface area (Å²) < 4.78 is 34.5. The molecule has 0 radical (unpaired) electrons. The largest absolute Gasteiger partial charge is 0.493 e. The van der Waals surface area contributed by atoms with E-state index >= 15 is 0 Å². The van der Waals surface area contributed by atoms with E-state index in [0.29, 0.717) is 10.6 Å². The number of nitrogens with one attached hydrogen (secondary N) is 1. The molecule has 0 aliphatic rings. The van der Waals surface area contributed by atoms with E-state index in [-0.39, 0.29) is 17.1 Å². The molecule has 2 rings (SSSR count). The van der Waals surface area contributed by atoms with Crippen LogP contribution in [0.15, 0.2) is 47.6 Å². The van der Waals surface area contributed by atoms with Crippen molar-refractivity contribution in [3.63, 3.8) is 0 Å². The van der Waals surface area contributed by atoms with Crippen molar-refractivity contribution in [3.8, 4) is 11.5 Å². The molecule has 24 heavy (non-hydrogen) atoms. The van der Waals surface area contributed by atoms with Crippen molar-refractivity contribution in [3.05, 3.63) is 58.6 Å². The zero-order valence-corrected chi connectivity index (χ0v) is 13.3. The Morgan fingerprint density at radius 1 is 1.25 bits per heavy atom. The molecule has 126 valence electrons. The molecule has 5 nitrogen and oxygen atoms in total. The van der Waals surface area contributed by atoms with Gasteiger partial charge in [0.05, 0.1) is 13.3 Å². The van der Waals surface area contributed by atoms with Crippen LogP contribution in [0, 0.1) is 0 Å². The van der Waals surface area contributed by atoms with E-state index in [1.165, 1.54) is 37.6 Å². The number of amides is 1. The highest BCUT2D eigenvalue weighted by Gasteiger charge is 2.14. The van der Waals surface area contributed by atoms with Crippen LogP contribution in [0.5, 0.6) is 11.5 Å². The molecule has 1 amide bonds. The molecule has 2 aromatic carbocycles. The molecule has 8 heteroatoms. The number of halogens is 3. The molecule has 0 saturated carbocycles. The third-order valence-electron chi connectivity index (χ3n) is 2.91. The molecule has 0 saturated heterocycles. The number of rotatable bonds is 6. The summed E-state index contributed by atoms with van der Waals surface area (Å²) in [6.45, 7) is -3.02. The highest BCUT2D eigenvalue weighted by molar-refractivity contribution is 6.30. The maximum atomic E-state index is 12.5. The summed E-state index contributed by atoms with van der Waals surface area (Å²) in [5, 5.41) is 4.25. The van der Waals surface area contributed by atoms with Crippen LogP contribution >= 0.6 is 11.6 Å². The van der Waals surface area contributed by atoms with Crippen LogP contribution < -0.4 is 14.9 Å². The first-order valence-electron chi connectivity index (χ1n) is 6.72. The third-order valence-corrected chi connectivity index (χ3v) is 3.16. The van der Waals surface area contributed by atoms with Gasteiger partial charge >= 0.3 is 6.61 Å². The number of hydrogen-bond donors (Lipinski definition) is 1. The molecule has 0 aliphatic carbocycles. The van der Waals surface area contributed by atoms with E-state index in [2.05, 4.69) is 15.3 Å². The van der Waals surface area contributed by atoms with E-state index in [9.17, 15) is 13.6 Å². The zero-order chi connectivity index (χ0) is 17.5. The molecule has 0 heterocycles. The predicted octanol–water partition coefficient (Wildman–Crippen LogP) is 3.71. The van der Waals surface area contributed by atoms with Crippen molar-refractivity contribution in [1.82, 2.24) is 5.43 Å². The minimum absolute atomic E-state index is 0.128. The number of hydrazone groups is 1. The summed E-state index contributed by atoms with van der Waals surface area (Å²) in [6.07, 6.45) is 1.19. The molecule has 0 unspecified atom stereocenters. The van der Waals surface area contributed by atoms with Gasteiger partial charge < -0.3 is 9.47 Å². The van der Waals surface area contributed by atoms with Gasteiger partial charge in [0, 0.05) is 16.1 Å². The standard InChI is InChI=1S/C16H13ClF2N2O3/c1-23-13-4-2-3-11(14(13)24-16(18)19)9-20-21-15(22)10-5-7-12(17)8-6-10/h2-9,16H,1H3,(H,21,22)/b20-9-. The minimum Gasteiger partial charge on any atom is -0.493 e. The van der Waals surface area contributed by atoms with Crippen molar-refractivity contribution in [2.24, 2.45) is 5.10 Å². The Morgan fingerprint density at radius 3 is 2.58 bits per heavy atom. The quantitative estimate of drug-likeness (QED) is 0.635. The Morgan fingerprint density at radius 2 is 1.96 bits per heavy atom. The lowest BCUT2D eigenvalue weighted by molar-refractivity contribution is -0.0513. The van der Waals surface area contributed by atoms with E-state index < -0.39 is 12.5 Å². The Bertz CT molecular complexity index is 737. The van der Waals surface area contributed by atoms with Gasteiger partial charge in [-0.05, 0) is 36.4 Å². The molecule has 2 aromatic rings. The predicted molar refractivity (Wildman–Crippen MR) is 86.1 cm³/mol. The van der Waals surface area contributed by atoms with Crippen LogP contribution in [-0.4, -0.2) is 25.8 Å². The van der Waals surface area contributed by atoms with Crippen LogP contribution in [0.2, 0.25) is 5.02 Å². The zero-order valence-electron chi connectivity index (χ0n) is 12.5. The fourth-order valence-corrected chi connectivity index (χ4v) is 1.96. The van der Waals surface area contributed by atoms with Crippen molar-refractivity contribution in [1.29, 1.82) is 0 Å². The topological polar surface area (TPSA) is 59.9 Å². The maximum Gasteiger partial charge on any atom is 0.387 e. The van der Waals surface area contributed by atoms with Gasteiger partial charge in [0.1, 0.15) is 0 Å². The Labute approximate surface area is 141 Å². The summed E-state index contributed by atoms with van der Waals surface area (Å²) in [5.74, 6) is -0.509. The van der Waals surface area contributed by atoms with Crippen LogP contribution in [0.1, 0.15) is 15.9 Å². The van der Waals surface area contributed by atoms with Crippen LogP contribution in [0.25, 0.3) is 0 Å². The molecular weight excluding hydrogens is 342 g/mol. The van der Waals surface area contributed by atoms with Crippen molar-refractivity contribution in [2.45, 2.75) is 6.61 Å². The Balaban J connectivity index is 2.13. The van der Waals surface area contributed by atoms with E-state index in [0.717, 1.165) is 0 Å². The SMILES string of the molecule is COc1cccc(/C=N\NC(=O)c2ccc(Cl)cc2)c1OC(F)F. The van der Waals surface area contributed by atoms with E-state index in [1.807, 2.05) is 0 Å². The number of ether oxygens (including phenoxy) is 2. The molecule has 0 aromatic heterocycles. The number of benzene rings is 2. The van der Waals surface area contributed by atoms with Gasteiger partial charge in [-0.2, -0.15) is 13.9 Å². The summed E-state index contributed by atoms with van der Waals surface area (Å²) in [7, 11) is 1.33. The van der Waals surface area contributed by atoms with Gasteiger partial charge in [-0.25, -0.2) is 5.43 Å². The number of hydrogen-bond acceptors (Lipinski definition) is 4. The fourth-order valence-electron chi connectivity index (χ4n) is 1.84. The maximum absolute atomic E-state index is 12.5. The lowest BCUT2D eigenvalue weighted by atomic mass is 10.2. The van der Waals surface area contributed by atoms with Gasteiger partial charge in [0.15, 0.2) is 11.5 Å². The van der Waals surface area contributed by atoms with Crippen molar-refractivity contribution >= 4 is 23.7 Å². The second kappa shape index (κ2) is 8.26. The second-order valence-corrected chi connectivity index (χ2v) is 4.90. The first kappa shape index (κ1) is 17.7. The average molecular weight is 355 g/mol. The summed E-state index contributed by atoms with van der Waals surface area (Å²) in [5.41, 5.74) is 2.87. The average Bonchev–Trinajstić information content (AvgIpc) is 2.56. The molecule has 1 N–H and O–H groups in total.